The summed E-state index contributed by atoms with van der Waals surface area (Å²) in [5.74, 6) is -2.21. The molecule has 1 aromatic heterocycles. The van der Waals surface area contributed by atoms with Crippen molar-refractivity contribution in [2.24, 2.45) is 11.3 Å². The van der Waals surface area contributed by atoms with Gasteiger partial charge >= 0.3 is 5.97 Å². The standard InChI is InChI=1S/C24H27FN4O4/c1-14-10-15(4-7-17(14)25)12-26-22(32)18-11-19(28-13-27-18)23(33)29-20-8-5-16(24(20,2)3)6-9-21(30)31/h4,6-7,9-11,13,16,20H,5,8,12H2,1-3H3,(H,26,32)(H,29,33)(H,30,31)/b9-6+/t16-,20+/m1/s1. The molecule has 1 fully saturated rings. The maximum absolute atomic E-state index is 13.4. The number of carbonyl (C=O) groups excluding carboxylic acids is 2. The van der Waals surface area contributed by atoms with Crippen LogP contribution in [0.25, 0.3) is 0 Å². The molecule has 0 saturated heterocycles. The van der Waals surface area contributed by atoms with Crippen molar-refractivity contribution in [3.8, 4) is 0 Å². The van der Waals surface area contributed by atoms with Crippen LogP contribution in [0.4, 0.5) is 4.39 Å². The van der Waals surface area contributed by atoms with Crippen molar-refractivity contribution in [2.45, 2.75) is 46.2 Å². The Balaban J connectivity index is 1.63. The molecule has 174 valence electrons. The number of amides is 2. The number of halogens is 1. The number of aromatic nitrogens is 2. The molecule has 0 unspecified atom stereocenters. The Bertz CT molecular complexity index is 1100. The third-order valence-electron chi connectivity index (χ3n) is 6.20. The van der Waals surface area contributed by atoms with Gasteiger partial charge in [0.25, 0.3) is 11.8 Å². The molecule has 1 heterocycles. The van der Waals surface area contributed by atoms with Crippen LogP contribution in [-0.4, -0.2) is 38.9 Å². The summed E-state index contributed by atoms with van der Waals surface area (Å²) in [4.78, 5) is 44.1. The predicted molar refractivity (Wildman–Crippen MR) is 119 cm³/mol. The van der Waals surface area contributed by atoms with Crippen molar-refractivity contribution >= 4 is 17.8 Å². The fourth-order valence-corrected chi connectivity index (χ4v) is 4.08. The number of aliphatic carboxylic acids is 1. The van der Waals surface area contributed by atoms with Crippen molar-refractivity contribution in [1.29, 1.82) is 0 Å². The van der Waals surface area contributed by atoms with Crippen molar-refractivity contribution in [3.05, 3.63) is 71.1 Å². The molecule has 2 atom stereocenters. The topological polar surface area (TPSA) is 121 Å². The fraction of sp³-hybridized carbons (Fsp3) is 0.375. The van der Waals surface area contributed by atoms with E-state index in [0.29, 0.717) is 12.0 Å². The predicted octanol–water partition coefficient (Wildman–Crippen LogP) is 3.03. The lowest BCUT2D eigenvalue weighted by Gasteiger charge is -2.32. The molecule has 1 aromatic carbocycles. The number of hydrogen-bond acceptors (Lipinski definition) is 5. The molecule has 0 bridgehead atoms. The summed E-state index contributed by atoms with van der Waals surface area (Å²) < 4.78 is 13.4. The normalized spacial score (nSPS) is 19.4. The molecule has 1 saturated carbocycles. The first kappa shape index (κ1) is 24.0. The van der Waals surface area contributed by atoms with E-state index < -0.39 is 17.8 Å². The molecule has 2 aromatic rings. The van der Waals surface area contributed by atoms with Crippen LogP contribution in [0.2, 0.25) is 0 Å². The molecular weight excluding hydrogens is 427 g/mol. The van der Waals surface area contributed by atoms with Crippen LogP contribution in [-0.2, 0) is 11.3 Å². The summed E-state index contributed by atoms with van der Waals surface area (Å²) in [5, 5.41) is 14.5. The molecular formula is C24H27FN4O4. The number of nitrogens with one attached hydrogen (secondary N) is 2. The van der Waals surface area contributed by atoms with Crippen LogP contribution in [0.1, 0.15) is 58.8 Å². The summed E-state index contributed by atoms with van der Waals surface area (Å²) in [6.07, 6.45) is 5.42. The van der Waals surface area contributed by atoms with Gasteiger partial charge in [-0.05, 0) is 48.3 Å². The van der Waals surface area contributed by atoms with Crippen molar-refractivity contribution < 1.29 is 23.9 Å². The summed E-state index contributed by atoms with van der Waals surface area (Å²) in [6.45, 7) is 5.80. The number of nitrogens with zero attached hydrogens (tertiary/aromatic N) is 2. The molecule has 0 spiro atoms. The number of carboxylic acid groups (broad SMARTS) is 1. The molecule has 3 rings (SSSR count). The highest BCUT2D eigenvalue weighted by Crippen LogP contribution is 2.43. The Hall–Kier alpha value is -3.62. The maximum Gasteiger partial charge on any atom is 0.327 e. The van der Waals surface area contributed by atoms with Crippen LogP contribution in [0, 0.1) is 24.1 Å². The number of allylic oxidation sites excluding steroid dienone is 1. The minimum absolute atomic E-state index is 0.0146. The number of carboxylic acids is 1. The second kappa shape index (κ2) is 9.89. The lowest BCUT2D eigenvalue weighted by atomic mass is 9.79. The van der Waals surface area contributed by atoms with E-state index in [1.54, 1.807) is 25.1 Å². The van der Waals surface area contributed by atoms with Gasteiger partial charge in [0, 0.05) is 24.7 Å². The van der Waals surface area contributed by atoms with E-state index in [4.69, 9.17) is 5.11 Å². The lowest BCUT2D eigenvalue weighted by Crippen LogP contribution is -2.43. The molecule has 3 N–H and O–H groups in total. The van der Waals surface area contributed by atoms with E-state index in [0.717, 1.165) is 24.4 Å². The largest absolute Gasteiger partial charge is 0.478 e. The van der Waals surface area contributed by atoms with E-state index in [1.165, 1.54) is 12.1 Å². The smallest absolute Gasteiger partial charge is 0.327 e. The van der Waals surface area contributed by atoms with E-state index in [1.807, 2.05) is 13.8 Å². The molecule has 8 nitrogen and oxygen atoms in total. The second-order valence-corrected chi connectivity index (χ2v) is 8.78. The number of benzene rings is 1. The highest BCUT2D eigenvalue weighted by molar-refractivity contribution is 5.97. The third-order valence-corrected chi connectivity index (χ3v) is 6.20. The second-order valence-electron chi connectivity index (χ2n) is 8.78. The van der Waals surface area contributed by atoms with Gasteiger partial charge in [-0.2, -0.15) is 0 Å². The van der Waals surface area contributed by atoms with Crippen LogP contribution in [0.15, 0.2) is 42.7 Å². The summed E-state index contributed by atoms with van der Waals surface area (Å²) >= 11 is 0. The molecule has 33 heavy (non-hydrogen) atoms. The zero-order valence-electron chi connectivity index (χ0n) is 18.8. The summed E-state index contributed by atoms with van der Waals surface area (Å²) in [6, 6.07) is 5.73. The van der Waals surface area contributed by atoms with Crippen molar-refractivity contribution in [2.75, 3.05) is 0 Å². The minimum atomic E-state index is -1.00. The summed E-state index contributed by atoms with van der Waals surface area (Å²) in [7, 11) is 0. The fourth-order valence-electron chi connectivity index (χ4n) is 4.08. The third kappa shape index (κ3) is 5.79. The molecule has 0 aliphatic heterocycles. The van der Waals surface area contributed by atoms with Gasteiger partial charge in [-0.1, -0.05) is 32.1 Å². The minimum Gasteiger partial charge on any atom is -0.478 e. The van der Waals surface area contributed by atoms with Crippen molar-refractivity contribution in [3.63, 3.8) is 0 Å². The zero-order valence-corrected chi connectivity index (χ0v) is 18.8. The van der Waals surface area contributed by atoms with Gasteiger partial charge < -0.3 is 15.7 Å². The van der Waals surface area contributed by atoms with Crippen LogP contribution >= 0.6 is 0 Å². The van der Waals surface area contributed by atoms with Crippen molar-refractivity contribution in [1.82, 2.24) is 20.6 Å². The van der Waals surface area contributed by atoms with Crippen LogP contribution < -0.4 is 10.6 Å². The Morgan fingerprint density at radius 2 is 1.85 bits per heavy atom. The molecule has 1 aliphatic carbocycles. The highest BCUT2D eigenvalue weighted by atomic mass is 19.1. The average Bonchev–Trinajstić information content (AvgIpc) is 3.05. The lowest BCUT2D eigenvalue weighted by molar-refractivity contribution is -0.131. The van der Waals surface area contributed by atoms with Gasteiger partial charge in [0.1, 0.15) is 23.5 Å². The van der Waals surface area contributed by atoms with E-state index in [2.05, 4.69) is 20.6 Å². The molecule has 2 amide bonds. The number of carbonyl (C=O) groups is 3. The van der Waals surface area contributed by atoms with Gasteiger partial charge in [0.05, 0.1) is 0 Å². The van der Waals surface area contributed by atoms with E-state index in [9.17, 15) is 18.8 Å². The quantitative estimate of drug-likeness (QED) is 0.553. The Kier molecular flexibility index (Phi) is 7.20. The number of rotatable bonds is 7. The first-order valence-electron chi connectivity index (χ1n) is 10.6. The Morgan fingerprint density at radius 3 is 2.52 bits per heavy atom. The van der Waals surface area contributed by atoms with Gasteiger partial charge in [-0.3, -0.25) is 9.59 Å². The molecule has 9 heteroatoms. The van der Waals surface area contributed by atoms with E-state index >= 15 is 0 Å². The molecule has 1 aliphatic rings. The number of aryl methyl sites for hydroxylation is 1. The van der Waals surface area contributed by atoms with Crippen LogP contribution in [0.3, 0.4) is 0 Å². The van der Waals surface area contributed by atoms with Crippen LogP contribution in [0.5, 0.6) is 0 Å². The number of hydrogen-bond donors (Lipinski definition) is 3. The van der Waals surface area contributed by atoms with Gasteiger partial charge in [0.15, 0.2) is 0 Å². The monoisotopic (exact) mass is 454 g/mol. The Labute approximate surface area is 191 Å². The first-order chi connectivity index (χ1) is 15.6. The zero-order chi connectivity index (χ0) is 24.2. The Morgan fingerprint density at radius 1 is 1.15 bits per heavy atom. The van der Waals surface area contributed by atoms with Gasteiger partial charge in [-0.15, -0.1) is 0 Å². The van der Waals surface area contributed by atoms with Gasteiger partial charge in [0.2, 0.25) is 0 Å². The summed E-state index contributed by atoms with van der Waals surface area (Å²) in [5.41, 5.74) is 0.986. The maximum atomic E-state index is 13.4. The van der Waals surface area contributed by atoms with Gasteiger partial charge in [-0.25, -0.2) is 19.2 Å². The molecule has 0 radical (unpaired) electrons. The average molecular weight is 455 g/mol. The SMILES string of the molecule is Cc1cc(CNC(=O)c2cc(C(=O)N[C@H]3CC[C@H](/C=C/C(=O)O)C3(C)C)ncn2)ccc1F. The highest BCUT2D eigenvalue weighted by Gasteiger charge is 2.42. The first-order valence-corrected chi connectivity index (χ1v) is 10.6. The van der Waals surface area contributed by atoms with E-state index in [-0.39, 0.29) is 41.1 Å².